The SMILES string of the molecule is Cc1ccc2c(c1)C1C(C3C=CC=CC3C1[Si](C)(CCCCCCOC(C)(C)C)C1C3C=CC=CC3C3C=CC=CC31)N2[Si](C)(C)C. The summed E-state index contributed by atoms with van der Waals surface area (Å²) in [6.45, 7) is 20.5. The van der Waals surface area contributed by atoms with E-state index in [4.69, 9.17) is 4.74 Å². The molecule has 0 N–H and O–H groups in total. The standard InChI is InChI=1S/C43H61NOSi2/c1-30-25-26-38-37(29-30)39-40(44(38)46(5,6)7)33-21-13-16-24-36(33)42(39)47(8,28-18-10-9-17-27-45-43(2,3)4)41-34-22-14-11-19-31(34)32-20-12-15-23-35(32)41/h11-16,19-26,29,31-36,39-42H,9-10,17-18,27-28H2,1-8H3. The lowest BCUT2D eigenvalue weighted by molar-refractivity contribution is -0.00471. The van der Waals surface area contributed by atoms with Gasteiger partial charge < -0.3 is 9.30 Å². The fourth-order valence-corrected chi connectivity index (χ4v) is 20.6. The molecule has 5 aliphatic carbocycles. The van der Waals surface area contributed by atoms with Gasteiger partial charge in [0.15, 0.2) is 0 Å². The van der Waals surface area contributed by atoms with E-state index >= 15 is 0 Å². The van der Waals surface area contributed by atoms with Crippen LogP contribution in [0.1, 0.15) is 63.5 Å². The van der Waals surface area contributed by atoms with Gasteiger partial charge in [-0.3, -0.25) is 0 Å². The van der Waals surface area contributed by atoms with E-state index in [1.54, 1.807) is 11.3 Å². The average Bonchev–Trinajstić information content (AvgIpc) is 3.66. The lowest BCUT2D eigenvalue weighted by atomic mass is 9.83. The van der Waals surface area contributed by atoms with Crippen molar-refractivity contribution in [2.75, 3.05) is 11.2 Å². The summed E-state index contributed by atoms with van der Waals surface area (Å²) in [5.41, 5.74) is 6.18. The van der Waals surface area contributed by atoms with Crippen molar-refractivity contribution in [3.63, 3.8) is 0 Å². The van der Waals surface area contributed by atoms with Gasteiger partial charge in [-0.1, -0.05) is 142 Å². The van der Waals surface area contributed by atoms with E-state index in [2.05, 4.69) is 150 Å². The molecule has 10 unspecified atom stereocenters. The number of anilines is 1. The Morgan fingerprint density at radius 1 is 0.660 bits per heavy atom. The molecule has 1 heterocycles. The second-order valence-corrected chi connectivity index (χ2v) is 27.7. The summed E-state index contributed by atoms with van der Waals surface area (Å²) >= 11 is 0. The molecule has 0 bridgehead atoms. The van der Waals surface area contributed by atoms with Crippen LogP contribution in [-0.4, -0.2) is 34.6 Å². The van der Waals surface area contributed by atoms with E-state index in [0.29, 0.717) is 47.5 Å². The van der Waals surface area contributed by atoms with Crippen molar-refractivity contribution in [2.45, 2.75) is 114 Å². The van der Waals surface area contributed by atoms with Gasteiger partial charge >= 0.3 is 0 Å². The summed E-state index contributed by atoms with van der Waals surface area (Å²) in [5.74, 6) is 4.47. The first kappa shape index (κ1) is 33.4. The molecule has 0 spiro atoms. The maximum atomic E-state index is 6.11. The first-order valence-corrected chi connectivity index (χ1v) is 25.3. The number of nitrogens with zero attached hydrogens (tertiary/aromatic N) is 1. The van der Waals surface area contributed by atoms with Gasteiger partial charge in [0, 0.05) is 30.2 Å². The van der Waals surface area contributed by atoms with Gasteiger partial charge in [0.25, 0.3) is 0 Å². The summed E-state index contributed by atoms with van der Waals surface area (Å²) in [7, 11) is -3.62. The molecular formula is C43H61NOSi2. The normalized spacial score (nSPS) is 35.9. The lowest BCUT2D eigenvalue weighted by Gasteiger charge is -2.48. The van der Waals surface area contributed by atoms with Crippen molar-refractivity contribution >= 4 is 22.0 Å². The van der Waals surface area contributed by atoms with Crippen LogP contribution >= 0.6 is 0 Å². The summed E-state index contributed by atoms with van der Waals surface area (Å²) in [4.78, 5) is 0. The minimum absolute atomic E-state index is 0.0395. The van der Waals surface area contributed by atoms with Crippen molar-refractivity contribution in [3.05, 3.63) is 102 Å². The van der Waals surface area contributed by atoms with Crippen LogP contribution in [-0.2, 0) is 4.74 Å². The highest BCUT2D eigenvalue weighted by Crippen LogP contribution is 2.70. The summed E-state index contributed by atoms with van der Waals surface area (Å²) in [6, 6.07) is 9.57. The van der Waals surface area contributed by atoms with Crippen LogP contribution < -0.4 is 4.57 Å². The van der Waals surface area contributed by atoms with Gasteiger partial charge in [-0.2, -0.15) is 0 Å². The largest absolute Gasteiger partial charge is 0.394 e. The van der Waals surface area contributed by atoms with Gasteiger partial charge in [-0.15, -0.1) is 0 Å². The zero-order valence-corrected chi connectivity index (χ0v) is 32.5. The molecule has 6 aliphatic rings. The molecule has 10 atom stereocenters. The maximum absolute atomic E-state index is 6.11. The highest BCUT2D eigenvalue weighted by atomic mass is 28.3. The van der Waals surface area contributed by atoms with Crippen molar-refractivity contribution in [3.8, 4) is 0 Å². The van der Waals surface area contributed by atoms with E-state index in [0.717, 1.165) is 17.7 Å². The Morgan fingerprint density at radius 2 is 1.19 bits per heavy atom. The van der Waals surface area contributed by atoms with Gasteiger partial charge in [0.2, 0.25) is 0 Å². The predicted octanol–water partition coefficient (Wildman–Crippen LogP) is 11.4. The first-order valence-electron chi connectivity index (χ1n) is 19.0. The van der Waals surface area contributed by atoms with Crippen LogP contribution in [0.25, 0.3) is 0 Å². The molecule has 0 aromatic heterocycles. The average molecular weight is 664 g/mol. The number of ether oxygens (including phenoxy) is 1. The minimum Gasteiger partial charge on any atom is -0.394 e. The summed E-state index contributed by atoms with van der Waals surface area (Å²) in [5, 5.41) is 0. The van der Waals surface area contributed by atoms with Crippen LogP contribution in [0.15, 0.2) is 91.1 Å². The highest BCUT2D eigenvalue weighted by Gasteiger charge is 2.66. The molecule has 1 aliphatic heterocycles. The molecule has 4 heteroatoms. The van der Waals surface area contributed by atoms with E-state index in [-0.39, 0.29) is 5.60 Å². The van der Waals surface area contributed by atoms with Gasteiger partial charge in [-0.05, 0) is 86.4 Å². The molecule has 1 aromatic carbocycles. The summed E-state index contributed by atoms with van der Waals surface area (Å²) in [6.07, 6.45) is 35.3. The van der Waals surface area contributed by atoms with Gasteiger partial charge in [0.05, 0.1) is 13.7 Å². The van der Waals surface area contributed by atoms with E-state index < -0.39 is 16.3 Å². The Kier molecular flexibility index (Phi) is 8.96. The Hall–Kier alpha value is -2.15. The Labute approximate surface area is 288 Å². The van der Waals surface area contributed by atoms with Gasteiger partial charge in [0.1, 0.15) is 8.24 Å². The van der Waals surface area contributed by atoms with Crippen LogP contribution in [0.5, 0.6) is 0 Å². The summed E-state index contributed by atoms with van der Waals surface area (Å²) < 4.78 is 9.13. The molecule has 7 rings (SSSR count). The molecule has 252 valence electrons. The number of benzene rings is 1. The van der Waals surface area contributed by atoms with E-state index in [1.807, 2.05) is 0 Å². The van der Waals surface area contributed by atoms with Crippen LogP contribution in [0.4, 0.5) is 5.69 Å². The molecule has 2 saturated carbocycles. The quantitative estimate of drug-likeness (QED) is 0.182. The van der Waals surface area contributed by atoms with Crippen molar-refractivity contribution in [1.29, 1.82) is 0 Å². The van der Waals surface area contributed by atoms with Gasteiger partial charge in [-0.25, -0.2) is 0 Å². The van der Waals surface area contributed by atoms with E-state index in [9.17, 15) is 0 Å². The number of unbranched alkanes of at least 4 members (excludes halogenated alkanes) is 3. The van der Waals surface area contributed by atoms with Crippen LogP contribution in [0.2, 0.25) is 43.3 Å². The monoisotopic (exact) mass is 663 g/mol. The lowest BCUT2D eigenvalue weighted by Crippen LogP contribution is -2.53. The second-order valence-electron chi connectivity index (χ2n) is 18.1. The smallest absolute Gasteiger partial charge is 0.147 e. The third-order valence-corrected chi connectivity index (χ3v) is 21.0. The Balaban J connectivity index is 1.30. The minimum atomic E-state index is -1.96. The molecule has 0 radical (unpaired) electrons. The Morgan fingerprint density at radius 3 is 1.77 bits per heavy atom. The predicted molar refractivity (Wildman–Crippen MR) is 207 cm³/mol. The molecule has 2 nitrogen and oxygen atoms in total. The molecular weight excluding hydrogens is 603 g/mol. The van der Waals surface area contributed by atoms with Crippen molar-refractivity contribution in [2.24, 2.45) is 35.5 Å². The maximum Gasteiger partial charge on any atom is 0.147 e. The zero-order chi connectivity index (χ0) is 33.1. The number of fused-ring (bicyclic) bond motifs is 8. The number of aryl methyl sites for hydroxylation is 1. The highest BCUT2D eigenvalue weighted by molar-refractivity contribution is 6.82. The second kappa shape index (κ2) is 12.6. The van der Waals surface area contributed by atoms with E-state index in [1.165, 1.54) is 37.3 Å². The zero-order valence-electron chi connectivity index (χ0n) is 30.5. The van der Waals surface area contributed by atoms with Crippen LogP contribution in [0.3, 0.4) is 0 Å². The third-order valence-electron chi connectivity index (χ3n) is 13.0. The fourth-order valence-electron chi connectivity index (χ4n) is 11.5. The number of allylic oxidation sites excluding steroid dienone is 11. The topological polar surface area (TPSA) is 12.5 Å². The molecule has 0 saturated heterocycles. The number of hydrogen-bond acceptors (Lipinski definition) is 2. The first-order chi connectivity index (χ1) is 22.4. The number of rotatable bonds is 10. The molecule has 2 fully saturated rings. The molecule has 0 amide bonds. The fraction of sp³-hybridized carbons (Fsp3) is 0.581. The van der Waals surface area contributed by atoms with Crippen molar-refractivity contribution in [1.82, 2.24) is 0 Å². The molecule has 47 heavy (non-hydrogen) atoms. The third kappa shape index (κ3) is 5.93. The van der Waals surface area contributed by atoms with Crippen LogP contribution in [0, 0.1) is 42.4 Å². The van der Waals surface area contributed by atoms with Crippen molar-refractivity contribution < 1.29 is 4.74 Å². The number of hydrogen-bond donors (Lipinski definition) is 0. The molecule has 1 aromatic rings. The Bertz CT molecular complexity index is 1470.